The van der Waals surface area contributed by atoms with Gasteiger partial charge in [-0.1, -0.05) is 48.5 Å². The van der Waals surface area contributed by atoms with Crippen molar-refractivity contribution in [2.24, 2.45) is 0 Å². The quantitative estimate of drug-likeness (QED) is 0.391. The van der Waals surface area contributed by atoms with Gasteiger partial charge < -0.3 is 19.2 Å². The van der Waals surface area contributed by atoms with Crippen LogP contribution in [-0.2, 0) is 11.3 Å². The Bertz CT molecular complexity index is 1270. The molecule has 6 nitrogen and oxygen atoms in total. The average Bonchev–Trinajstić information content (AvgIpc) is 3.28. The average molecular weight is 475 g/mol. The fourth-order valence-corrected chi connectivity index (χ4v) is 4.40. The highest BCUT2D eigenvalue weighted by Crippen LogP contribution is 2.28. The Labute approximate surface area is 203 Å². The van der Waals surface area contributed by atoms with Crippen molar-refractivity contribution in [3.8, 4) is 5.75 Å². The van der Waals surface area contributed by atoms with Crippen LogP contribution in [0.4, 0.5) is 4.39 Å². The van der Waals surface area contributed by atoms with Gasteiger partial charge in [-0.25, -0.2) is 4.39 Å². The maximum atomic E-state index is 13.5. The summed E-state index contributed by atoms with van der Waals surface area (Å²) >= 11 is 0. The number of nitrogens with zero attached hydrogens (tertiary/aromatic N) is 1. The number of amides is 1. The summed E-state index contributed by atoms with van der Waals surface area (Å²) in [7, 11) is 0. The van der Waals surface area contributed by atoms with Crippen LogP contribution in [0.5, 0.6) is 5.75 Å². The number of nitrogens with one attached hydrogen (secondary N) is 1. The third-order valence-electron chi connectivity index (χ3n) is 6.23. The van der Waals surface area contributed by atoms with Crippen LogP contribution < -0.4 is 10.1 Å². The zero-order valence-corrected chi connectivity index (χ0v) is 19.3. The monoisotopic (exact) mass is 474 g/mol. The van der Waals surface area contributed by atoms with E-state index in [9.17, 15) is 9.18 Å². The summed E-state index contributed by atoms with van der Waals surface area (Å²) in [4.78, 5) is 15.6. The number of fused-ring (bicyclic) bond motifs is 1. The Kier molecular flexibility index (Phi) is 7.07. The van der Waals surface area contributed by atoms with Crippen molar-refractivity contribution < 1.29 is 23.1 Å². The van der Waals surface area contributed by atoms with Gasteiger partial charge in [0.05, 0.1) is 19.3 Å². The van der Waals surface area contributed by atoms with Gasteiger partial charge in [0.1, 0.15) is 23.8 Å². The molecule has 1 saturated heterocycles. The van der Waals surface area contributed by atoms with E-state index in [2.05, 4.69) is 10.2 Å². The number of furan rings is 1. The largest absolute Gasteiger partial charge is 0.489 e. The predicted molar refractivity (Wildman–Crippen MR) is 131 cm³/mol. The Morgan fingerprint density at radius 2 is 1.69 bits per heavy atom. The first-order valence-corrected chi connectivity index (χ1v) is 11.7. The molecule has 0 bridgehead atoms. The van der Waals surface area contributed by atoms with Crippen LogP contribution in [0.15, 0.2) is 83.3 Å². The lowest BCUT2D eigenvalue weighted by Gasteiger charge is -2.34. The number of para-hydroxylation sites is 2. The minimum atomic E-state index is -0.312. The SMILES string of the molecule is O=C(NC[C@H](c1ccc(F)cc1)N1CCOCC1)c1oc2ccccc2c1COc1ccccc1. The fraction of sp³-hybridized carbons (Fsp3) is 0.250. The van der Waals surface area contributed by atoms with Gasteiger partial charge in [0, 0.05) is 30.6 Å². The molecule has 35 heavy (non-hydrogen) atoms. The topological polar surface area (TPSA) is 63.9 Å². The summed E-state index contributed by atoms with van der Waals surface area (Å²) in [5.41, 5.74) is 2.27. The predicted octanol–water partition coefficient (Wildman–Crippen LogP) is 4.95. The van der Waals surface area contributed by atoms with E-state index in [4.69, 9.17) is 13.9 Å². The smallest absolute Gasteiger partial charge is 0.287 e. The number of benzene rings is 3. The third-order valence-corrected chi connectivity index (χ3v) is 6.23. The molecule has 0 unspecified atom stereocenters. The number of halogens is 1. The lowest BCUT2D eigenvalue weighted by atomic mass is 10.0. The van der Waals surface area contributed by atoms with E-state index in [0.717, 1.165) is 24.0 Å². The Morgan fingerprint density at radius 3 is 2.46 bits per heavy atom. The second-order valence-electron chi connectivity index (χ2n) is 8.43. The van der Waals surface area contributed by atoms with Gasteiger partial charge >= 0.3 is 0 Å². The first-order chi connectivity index (χ1) is 17.2. The van der Waals surface area contributed by atoms with Crippen LogP contribution in [0, 0.1) is 5.82 Å². The molecule has 1 aliphatic rings. The lowest BCUT2D eigenvalue weighted by molar-refractivity contribution is 0.0161. The Morgan fingerprint density at radius 1 is 0.971 bits per heavy atom. The third kappa shape index (κ3) is 5.37. The molecule has 0 saturated carbocycles. The lowest BCUT2D eigenvalue weighted by Crippen LogP contribution is -2.43. The summed E-state index contributed by atoms with van der Waals surface area (Å²) in [6.45, 7) is 3.26. The van der Waals surface area contributed by atoms with Crippen molar-refractivity contribution in [2.75, 3.05) is 32.8 Å². The number of hydrogen-bond acceptors (Lipinski definition) is 5. The van der Waals surface area contributed by atoms with Crippen molar-refractivity contribution in [2.45, 2.75) is 12.6 Å². The van der Waals surface area contributed by atoms with Crippen LogP contribution in [0.3, 0.4) is 0 Å². The standard InChI is InChI=1S/C28H27FN2O4/c29-21-12-10-20(11-13-21)25(31-14-16-33-17-15-31)18-30-28(32)27-24(19-34-22-6-2-1-3-7-22)23-8-4-5-9-26(23)35-27/h1-13,25H,14-19H2,(H,30,32)/t25-/m1/s1. The van der Waals surface area contributed by atoms with Crippen molar-refractivity contribution in [1.82, 2.24) is 10.2 Å². The molecule has 1 aliphatic heterocycles. The summed E-state index contributed by atoms with van der Waals surface area (Å²) in [5.74, 6) is 0.354. The van der Waals surface area contributed by atoms with Crippen molar-refractivity contribution in [3.63, 3.8) is 0 Å². The first kappa shape index (κ1) is 23.1. The molecule has 180 valence electrons. The summed E-state index contributed by atoms with van der Waals surface area (Å²) in [6, 6.07) is 23.3. The van der Waals surface area contributed by atoms with Crippen LogP contribution in [0.1, 0.15) is 27.7 Å². The van der Waals surface area contributed by atoms with Gasteiger partial charge in [-0.3, -0.25) is 9.69 Å². The molecule has 1 atom stereocenters. The molecule has 0 radical (unpaired) electrons. The molecule has 2 heterocycles. The zero-order chi connectivity index (χ0) is 24.0. The molecule has 7 heteroatoms. The summed E-state index contributed by atoms with van der Waals surface area (Å²) in [5, 5.41) is 3.89. The molecular weight excluding hydrogens is 447 g/mol. The van der Waals surface area contributed by atoms with Crippen LogP contribution in [0.25, 0.3) is 11.0 Å². The van der Waals surface area contributed by atoms with Gasteiger partial charge in [-0.05, 0) is 35.9 Å². The van der Waals surface area contributed by atoms with Crippen molar-refractivity contribution >= 4 is 16.9 Å². The van der Waals surface area contributed by atoms with Crippen molar-refractivity contribution in [1.29, 1.82) is 0 Å². The fourth-order valence-electron chi connectivity index (χ4n) is 4.40. The van der Waals surface area contributed by atoms with Gasteiger partial charge in [0.2, 0.25) is 0 Å². The maximum absolute atomic E-state index is 13.5. The minimum Gasteiger partial charge on any atom is -0.489 e. The molecule has 4 aromatic rings. The Hall–Kier alpha value is -3.68. The minimum absolute atomic E-state index is 0.114. The number of ether oxygens (including phenoxy) is 2. The molecule has 1 N–H and O–H groups in total. The highest BCUT2D eigenvalue weighted by molar-refractivity contribution is 5.99. The number of carbonyl (C=O) groups excluding carboxylic acids is 1. The Balaban J connectivity index is 1.37. The van der Waals surface area contributed by atoms with E-state index < -0.39 is 0 Å². The molecule has 1 fully saturated rings. The summed E-state index contributed by atoms with van der Waals surface area (Å²) < 4.78 is 31.0. The van der Waals surface area contributed by atoms with E-state index >= 15 is 0 Å². The van der Waals surface area contributed by atoms with Gasteiger partial charge in [0.15, 0.2) is 5.76 Å². The van der Waals surface area contributed by atoms with Gasteiger partial charge in [-0.15, -0.1) is 0 Å². The molecule has 0 aliphatic carbocycles. The molecule has 5 rings (SSSR count). The van der Waals surface area contributed by atoms with E-state index in [1.165, 1.54) is 12.1 Å². The second kappa shape index (κ2) is 10.7. The van der Waals surface area contributed by atoms with Crippen LogP contribution in [-0.4, -0.2) is 43.7 Å². The molecule has 1 aromatic heterocycles. The summed E-state index contributed by atoms with van der Waals surface area (Å²) in [6.07, 6.45) is 0. The van der Waals surface area contributed by atoms with Crippen LogP contribution in [0.2, 0.25) is 0 Å². The number of rotatable bonds is 8. The second-order valence-corrected chi connectivity index (χ2v) is 8.43. The zero-order valence-electron chi connectivity index (χ0n) is 19.3. The van der Waals surface area contributed by atoms with Crippen LogP contribution >= 0.6 is 0 Å². The van der Waals surface area contributed by atoms with E-state index in [0.29, 0.717) is 36.7 Å². The molecule has 3 aromatic carbocycles. The highest BCUT2D eigenvalue weighted by atomic mass is 19.1. The number of hydrogen-bond donors (Lipinski definition) is 1. The number of morpholine rings is 1. The van der Waals surface area contributed by atoms with Crippen molar-refractivity contribution in [3.05, 3.63) is 102 Å². The normalized spacial score (nSPS) is 15.1. The molecular formula is C28H27FN2O4. The van der Waals surface area contributed by atoms with E-state index in [-0.39, 0.29) is 30.1 Å². The molecule has 0 spiro atoms. The van der Waals surface area contributed by atoms with E-state index in [1.54, 1.807) is 12.1 Å². The highest BCUT2D eigenvalue weighted by Gasteiger charge is 2.26. The number of carbonyl (C=O) groups is 1. The molecule has 1 amide bonds. The van der Waals surface area contributed by atoms with Gasteiger partial charge in [-0.2, -0.15) is 0 Å². The maximum Gasteiger partial charge on any atom is 0.287 e. The van der Waals surface area contributed by atoms with Gasteiger partial charge in [0.25, 0.3) is 5.91 Å². The first-order valence-electron chi connectivity index (χ1n) is 11.7. The van der Waals surface area contributed by atoms with E-state index in [1.807, 2.05) is 54.6 Å².